The number of hydrogen-bond donors (Lipinski definition) is 0. The van der Waals surface area contributed by atoms with Crippen LogP contribution in [0.3, 0.4) is 0 Å². The van der Waals surface area contributed by atoms with E-state index in [4.69, 9.17) is 18.9 Å². The second-order valence-electron chi connectivity index (χ2n) is 23.9. The maximum Gasteiger partial charge on any atom is 0.306 e. The molecule has 0 N–H and O–H groups in total. The summed E-state index contributed by atoms with van der Waals surface area (Å²) >= 11 is 0. The van der Waals surface area contributed by atoms with Gasteiger partial charge in [0, 0.05) is 25.7 Å². The van der Waals surface area contributed by atoms with Crippen LogP contribution in [0.1, 0.15) is 186 Å². The zero-order chi connectivity index (χ0) is 49.7. The van der Waals surface area contributed by atoms with Gasteiger partial charge in [-0.25, -0.2) is 0 Å². The number of ether oxygens (including phenoxy) is 4. The van der Waals surface area contributed by atoms with E-state index in [-0.39, 0.29) is 74.0 Å². The summed E-state index contributed by atoms with van der Waals surface area (Å²) < 4.78 is 25.5. The van der Waals surface area contributed by atoms with E-state index in [1.165, 1.54) is 25.7 Å². The lowest BCUT2D eigenvalue weighted by Crippen LogP contribution is -2.36. The summed E-state index contributed by atoms with van der Waals surface area (Å²) in [4.78, 5) is 55.7. The van der Waals surface area contributed by atoms with Crippen molar-refractivity contribution in [1.82, 2.24) is 0 Å². The molecule has 0 bridgehead atoms. The molecule has 5 rings (SSSR count). The smallest absolute Gasteiger partial charge is 0.306 e. The van der Waals surface area contributed by atoms with Gasteiger partial charge in [-0.2, -0.15) is 0 Å². The minimum atomic E-state index is -1.02. The molecular formula is C58H96O8P2. The van der Waals surface area contributed by atoms with Crippen molar-refractivity contribution < 1.29 is 38.1 Å². The van der Waals surface area contributed by atoms with Gasteiger partial charge in [0.05, 0.1) is 0 Å². The van der Waals surface area contributed by atoms with Crippen molar-refractivity contribution in [2.45, 2.75) is 210 Å². The van der Waals surface area contributed by atoms with Crippen LogP contribution in [0.25, 0.3) is 0 Å². The highest BCUT2D eigenvalue weighted by Gasteiger charge is 2.38. The van der Waals surface area contributed by atoms with Gasteiger partial charge in [-0.1, -0.05) is 149 Å². The van der Waals surface area contributed by atoms with Gasteiger partial charge in [-0.05, 0) is 158 Å². The van der Waals surface area contributed by atoms with Crippen LogP contribution in [-0.2, 0) is 38.1 Å². The number of rotatable bonds is 22. The molecule has 0 saturated heterocycles. The summed E-state index contributed by atoms with van der Waals surface area (Å²) in [6.07, 6.45) is 15.9. The second-order valence-corrected chi connectivity index (χ2v) is 28.8. The molecule has 0 radical (unpaired) electrons. The maximum absolute atomic E-state index is 13.9. The molecule has 386 valence electrons. The molecule has 0 amide bonds. The topological polar surface area (TPSA) is 105 Å². The highest BCUT2D eigenvalue weighted by molar-refractivity contribution is 7.72. The molecule has 10 heteroatoms. The number of esters is 4. The summed E-state index contributed by atoms with van der Waals surface area (Å²) in [5.41, 5.74) is 0. The van der Waals surface area contributed by atoms with Crippen LogP contribution >= 0.6 is 15.8 Å². The lowest BCUT2D eigenvalue weighted by Gasteiger charge is -2.37. The monoisotopic (exact) mass is 983 g/mol. The molecule has 0 heterocycles. The van der Waals surface area contributed by atoms with E-state index >= 15 is 0 Å². The molecule has 0 aliphatic heterocycles. The third-order valence-electron chi connectivity index (χ3n) is 16.9. The molecule has 0 aromatic heterocycles. The highest BCUT2D eigenvalue weighted by atomic mass is 31.1. The molecule has 68 heavy (non-hydrogen) atoms. The molecule has 0 spiro atoms. The number of benzene rings is 1. The fourth-order valence-corrected chi connectivity index (χ4v) is 18.0. The quantitative estimate of drug-likeness (QED) is 0.0643. The summed E-state index contributed by atoms with van der Waals surface area (Å²) in [5, 5.41) is 2.33. The van der Waals surface area contributed by atoms with E-state index in [0.717, 1.165) is 62.0 Å². The van der Waals surface area contributed by atoms with Gasteiger partial charge in [0.2, 0.25) is 0 Å². The summed E-state index contributed by atoms with van der Waals surface area (Å²) in [6.45, 7) is 27.0. The molecule has 1 aromatic rings. The summed E-state index contributed by atoms with van der Waals surface area (Å²) in [6, 6.07) is 8.51. The van der Waals surface area contributed by atoms with Crippen molar-refractivity contribution in [2.24, 2.45) is 71.0 Å². The van der Waals surface area contributed by atoms with Gasteiger partial charge in [-0.3, -0.25) is 19.2 Å². The molecule has 1 aromatic carbocycles. The number of carbonyl (C=O) groups excluding carboxylic acids is 4. The van der Waals surface area contributed by atoms with Crippen LogP contribution in [-0.4, -0.2) is 72.9 Å². The van der Waals surface area contributed by atoms with Crippen molar-refractivity contribution in [2.75, 3.05) is 24.6 Å². The molecule has 8 nitrogen and oxygen atoms in total. The first-order valence-corrected chi connectivity index (χ1v) is 31.1. The first-order chi connectivity index (χ1) is 32.3. The van der Waals surface area contributed by atoms with Gasteiger partial charge in [0.25, 0.3) is 0 Å². The third kappa shape index (κ3) is 17.3. The Balaban J connectivity index is 1.40. The molecule has 4 aliphatic rings. The van der Waals surface area contributed by atoms with E-state index in [2.05, 4.69) is 107 Å². The number of hydrogen-bond acceptors (Lipinski definition) is 8. The average molecular weight is 983 g/mol. The van der Waals surface area contributed by atoms with Crippen molar-refractivity contribution in [1.29, 1.82) is 0 Å². The van der Waals surface area contributed by atoms with Crippen LogP contribution in [0.2, 0.25) is 0 Å². The van der Waals surface area contributed by atoms with Gasteiger partial charge in [0.1, 0.15) is 24.4 Å². The summed E-state index contributed by atoms with van der Waals surface area (Å²) in [7, 11) is -2.04. The number of carbonyl (C=O) groups is 4. The lowest BCUT2D eigenvalue weighted by atomic mass is 9.75. The Morgan fingerprint density at radius 1 is 0.412 bits per heavy atom. The van der Waals surface area contributed by atoms with Crippen molar-refractivity contribution in [3.05, 3.63) is 24.3 Å². The van der Waals surface area contributed by atoms with Crippen molar-refractivity contribution in [3.8, 4) is 0 Å². The molecule has 4 fully saturated rings. The molecule has 0 unspecified atom stereocenters. The molecule has 4 saturated carbocycles. The van der Waals surface area contributed by atoms with E-state index in [1.54, 1.807) is 0 Å². The van der Waals surface area contributed by atoms with Gasteiger partial charge >= 0.3 is 23.9 Å². The Labute approximate surface area is 416 Å². The van der Waals surface area contributed by atoms with E-state index in [0.29, 0.717) is 95.7 Å². The van der Waals surface area contributed by atoms with Gasteiger partial charge < -0.3 is 18.9 Å². The fourth-order valence-electron chi connectivity index (χ4n) is 12.5. The van der Waals surface area contributed by atoms with Crippen molar-refractivity contribution >= 4 is 50.3 Å². The Hall–Kier alpha value is -2.04. The van der Waals surface area contributed by atoms with Crippen LogP contribution in [0, 0.1) is 71.0 Å². The van der Waals surface area contributed by atoms with Gasteiger partial charge in [-0.15, -0.1) is 0 Å². The maximum atomic E-state index is 13.9. The average Bonchev–Trinajstić information content (AvgIpc) is 3.26. The van der Waals surface area contributed by atoms with E-state index in [1.807, 2.05) is 0 Å². The fraction of sp³-hybridized carbons (Fsp3) is 0.828. The first kappa shape index (κ1) is 56.9. The zero-order valence-corrected chi connectivity index (χ0v) is 46.6. The van der Waals surface area contributed by atoms with E-state index < -0.39 is 15.8 Å². The predicted molar refractivity (Wildman–Crippen MR) is 282 cm³/mol. The Morgan fingerprint density at radius 3 is 0.838 bits per heavy atom. The first-order valence-electron chi connectivity index (χ1n) is 27.7. The molecule has 12 atom stereocenters. The molecular weight excluding hydrogens is 887 g/mol. The predicted octanol–water partition coefficient (Wildman–Crippen LogP) is 13.5. The standard InChI is InChI=1S/C58H96O8P2/c1-37(2)45-21-17-41(9)33-49(45)63-55(59)25-29-67(30-26-56(60)64-50-34-42(10)18-22-46(50)38(3)4)53-15-13-14-16-54(53)68(31-27-57(61)65-51-35-43(11)19-23-47(51)39(5)6)32-28-58(62)66-52-36-44(12)20-24-48(52)40(7)8/h13-16,37-52H,17-36H2,1-12H3/t41-,42-,43-,44-,45+,46+,47+,48+,49-,50-,51-,52-/m0/s1. The van der Waals surface area contributed by atoms with Crippen LogP contribution in [0.4, 0.5) is 0 Å². The second kappa shape index (κ2) is 27.7. The summed E-state index contributed by atoms with van der Waals surface area (Å²) in [5.74, 6) is 4.72. The van der Waals surface area contributed by atoms with Crippen molar-refractivity contribution in [3.63, 3.8) is 0 Å². The lowest BCUT2D eigenvalue weighted by molar-refractivity contribution is -0.156. The SMILES string of the molecule is CC(C)[C@H]1CC[C@H](C)C[C@@H]1OC(=O)CCP(CCC(=O)O[C@H]1C[C@@H](C)CC[C@@H]1C(C)C)c1ccccc1P(CCC(=O)O[C@H]1C[C@@H](C)CC[C@@H]1C(C)C)CCC(=O)O[C@H]1C[C@@H](C)CC[C@@H]1C(C)C. The van der Waals surface area contributed by atoms with E-state index in [9.17, 15) is 19.2 Å². The minimum Gasteiger partial charge on any atom is -0.462 e. The van der Waals surface area contributed by atoms with Crippen LogP contribution < -0.4 is 10.6 Å². The largest absolute Gasteiger partial charge is 0.462 e. The highest BCUT2D eigenvalue weighted by Crippen LogP contribution is 2.45. The molecule has 4 aliphatic carbocycles. The third-order valence-corrected chi connectivity index (χ3v) is 22.3. The van der Waals surface area contributed by atoms with Crippen LogP contribution in [0.15, 0.2) is 24.3 Å². The minimum absolute atomic E-state index is 0.0702. The van der Waals surface area contributed by atoms with Crippen LogP contribution in [0.5, 0.6) is 0 Å². The Kier molecular flexibility index (Phi) is 23.2. The Morgan fingerprint density at radius 2 is 0.632 bits per heavy atom. The van der Waals surface area contributed by atoms with Gasteiger partial charge in [0.15, 0.2) is 0 Å². The Bertz CT molecular complexity index is 1510. The zero-order valence-electron chi connectivity index (χ0n) is 44.8. The normalized spacial score (nSPS) is 30.3.